The molecule has 0 aromatic carbocycles. The van der Waals surface area contributed by atoms with Crippen molar-refractivity contribution in [2.24, 2.45) is 0 Å². The van der Waals surface area contributed by atoms with Gasteiger partial charge in [0.05, 0.1) is 5.02 Å². The quantitative estimate of drug-likeness (QED) is 0.753. The highest BCUT2D eigenvalue weighted by atomic mass is 35.5. The topological polar surface area (TPSA) is 59.3 Å². The van der Waals surface area contributed by atoms with Gasteiger partial charge in [-0.3, -0.25) is 4.55 Å². The van der Waals surface area contributed by atoms with Crippen LogP contribution < -0.4 is 0 Å². The van der Waals surface area contributed by atoms with Gasteiger partial charge in [-0.2, -0.15) is 8.42 Å². The van der Waals surface area contributed by atoms with E-state index < -0.39 is 10.1 Å². The summed E-state index contributed by atoms with van der Waals surface area (Å²) >= 11 is 5.86. The molecule has 0 radical (unpaired) electrons. The molecule has 0 atom stereocenters. The average Bonchev–Trinajstić information content (AvgIpc) is 2.55. The molecule has 0 saturated heterocycles. The van der Waals surface area contributed by atoms with Crippen molar-refractivity contribution in [2.75, 3.05) is 0 Å². The maximum absolute atomic E-state index is 11.1. The number of hydrogen-bond donors (Lipinski definition) is 1. The molecule has 4 nitrogen and oxygen atoms in total. The lowest BCUT2D eigenvalue weighted by Gasteiger charge is -1.98. The Hall–Kier alpha value is -0.520. The Labute approximate surface area is 87.2 Å². The predicted molar refractivity (Wildman–Crippen MR) is 52.3 cm³/mol. The van der Waals surface area contributed by atoms with E-state index in [0.29, 0.717) is 17.8 Å². The first-order valence-electron chi connectivity index (χ1n) is 4.28. The van der Waals surface area contributed by atoms with Crippen LogP contribution in [-0.2, 0) is 23.1 Å². The Morgan fingerprint density at radius 2 is 2.14 bits per heavy atom. The molecule has 0 bridgehead atoms. The second-order valence-electron chi connectivity index (χ2n) is 3.41. The van der Waals surface area contributed by atoms with Gasteiger partial charge in [0.15, 0.2) is 0 Å². The Balaban J connectivity index is 2.79. The first-order chi connectivity index (χ1) is 6.43. The molecule has 1 aliphatic heterocycles. The number of hydrogen-bond acceptors (Lipinski definition) is 2. The molecule has 0 fully saturated rings. The van der Waals surface area contributed by atoms with Crippen molar-refractivity contribution >= 4 is 21.7 Å². The zero-order valence-corrected chi connectivity index (χ0v) is 9.19. The molecule has 1 aliphatic rings. The first kappa shape index (κ1) is 10.0. The smallest absolute Gasteiger partial charge is 0.297 e. The maximum atomic E-state index is 11.1. The fraction of sp³-hybridized carbons (Fsp3) is 0.500. The molecule has 6 heteroatoms. The molecule has 1 aromatic heterocycles. The average molecular weight is 236 g/mol. The Bertz CT molecular complexity index is 489. The standard InChI is InChI=1S/C8H10ClNO3S/c1-5-7(9)8(14(11,12)13)6-3-2-4-10(5)6/h2-4H2,1H3,(H,11,12,13). The van der Waals surface area contributed by atoms with Gasteiger partial charge in [-0.1, -0.05) is 11.6 Å². The predicted octanol–water partition coefficient (Wildman–Crippen LogP) is 1.64. The summed E-state index contributed by atoms with van der Waals surface area (Å²) in [6.07, 6.45) is 1.55. The van der Waals surface area contributed by atoms with Crippen molar-refractivity contribution in [2.45, 2.75) is 31.2 Å². The Morgan fingerprint density at radius 3 is 2.71 bits per heavy atom. The van der Waals surface area contributed by atoms with Gasteiger partial charge in [-0.05, 0) is 19.8 Å². The van der Waals surface area contributed by atoms with E-state index in [1.54, 1.807) is 6.92 Å². The molecule has 2 rings (SSSR count). The summed E-state index contributed by atoms with van der Waals surface area (Å²) in [6, 6.07) is 0. The van der Waals surface area contributed by atoms with Crippen LogP contribution in [0.3, 0.4) is 0 Å². The minimum absolute atomic E-state index is 0.103. The highest BCUT2D eigenvalue weighted by Gasteiger charge is 2.29. The van der Waals surface area contributed by atoms with Crippen LogP contribution >= 0.6 is 11.6 Å². The summed E-state index contributed by atoms with van der Waals surface area (Å²) in [6.45, 7) is 2.53. The van der Waals surface area contributed by atoms with Crippen molar-refractivity contribution in [3.63, 3.8) is 0 Å². The third-order valence-corrected chi connectivity index (χ3v) is 4.09. The first-order valence-corrected chi connectivity index (χ1v) is 6.09. The molecule has 0 saturated carbocycles. The summed E-state index contributed by atoms with van der Waals surface area (Å²) in [5, 5.41) is 0.155. The van der Waals surface area contributed by atoms with E-state index in [4.69, 9.17) is 16.2 Å². The van der Waals surface area contributed by atoms with Crippen LogP contribution in [0.25, 0.3) is 0 Å². The van der Waals surface area contributed by atoms with Crippen LogP contribution in [0, 0.1) is 6.92 Å². The normalized spacial score (nSPS) is 15.9. The van der Waals surface area contributed by atoms with Crippen LogP contribution in [0.4, 0.5) is 0 Å². The lowest BCUT2D eigenvalue weighted by molar-refractivity contribution is 0.482. The minimum atomic E-state index is -4.19. The molecule has 1 N–H and O–H groups in total. The minimum Gasteiger partial charge on any atom is -0.346 e. The second kappa shape index (κ2) is 2.98. The van der Waals surface area contributed by atoms with Gasteiger partial charge in [0.1, 0.15) is 4.90 Å². The molecule has 1 aromatic rings. The summed E-state index contributed by atoms with van der Waals surface area (Å²) in [7, 11) is -4.19. The SMILES string of the molecule is Cc1c(Cl)c(S(=O)(=O)O)c2n1CCC2. The largest absolute Gasteiger partial charge is 0.346 e. The van der Waals surface area contributed by atoms with Crippen molar-refractivity contribution in [3.05, 3.63) is 16.4 Å². The van der Waals surface area contributed by atoms with Crippen molar-refractivity contribution in [1.82, 2.24) is 4.57 Å². The van der Waals surface area contributed by atoms with Gasteiger partial charge in [0.25, 0.3) is 10.1 Å². The summed E-state index contributed by atoms with van der Waals surface area (Å²) in [5.41, 5.74) is 1.35. The van der Waals surface area contributed by atoms with E-state index in [1.165, 1.54) is 0 Å². The fourth-order valence-electron chi connectivity index (χ4n) is 1.95. The van der Waals surface area contributed by atoms with E-state index in [-0.39, 0.29) is 9.92 Å². The zero-order chi connectivity index (χ0) is 10.5. The summed E-state index contributed by atoms with van der Waals surface area (Å²) < 4.78 is 33.0. The van der Waals surface area contributed by atoms with Crippen LogP contribution in [0.2, 0.25) is 5.02 Å². The van der Waals surface area contributed by atoms with Gasteiger partial charge in [0, 0.05) is 17.9 Å². The van der Waals surface area contributed by atoms with Gasteiger partial charge in [0.2, 0.25) is 0 Å². The van der Waals surface area contributed by atoms with Crippen molar-refractivity contribution < 1.29 is 13.0 Å². The summed E-state index contributed by atoms with van der Waals surface area (Å²) in [5.74, 6) is 0. The van der Waals surface area contributed by atoms with Gasteiger partial charge in [-0.25, -0.2) is 0 Å². The molecule has 0 aliphatic carbocycles. The number of fused-ring (bicyclic) bond motifs is 1. The number of aromatic nitrogens is 1. The number of rotatable bonds is 1. The van der Waals surface area contributed by atoms with Crippen LogP contribution in [0.5, 0.6) is 0 Å². The molecule has 2 heterocycles. The molecule has 0 spiro atoms. The van der Waals surface area contributed by atoms with Gasteiger partial charge in [-0.15, -0.1) is 0 Å². The lowest BCUT2D eigenvalue weighted by Crippen LogP contribution is -2.01. The van der Waals surface area contributed by atoms with E-state index in [9.17, 15) is 8.42 Å². The number of halogens is 1. The third kappa shape index (κ3) is 1.27. The van der Waals surface area contributed by atoms with Gasteiger partial charge >= 0.3 is 0 Å². The Kier molecular flexibility index (Phi) is 2.13. The molecular formula is C8H10ClNO3S. The summed E-state index contributed by atoms with van der Waals surface area (Å²) in [4.78, 5) is -0.103. The van der Waals surface area contributed by atoms with Crippen molar-refractivity contribution in [1.29, 1.82) is 0 Å². The number of nitrogens with zero attached hydrogens (tertiary/aromatic N) is 1. The van der Waals surface area contributed by atoms with Crippen molar-refractivity contribution in [3.8, 4) is 0 Å². The molecule has 14 heavy (non-hydrogen) atoms. The zero-order valence-electron chi connectivity index (χ0n) is 7.62. The highest BCUT2D eigenvalue weighted by molar-refractivity contribution is 7.86. The second-order valence-corrected chi connectivity index (χ2v) is 5.14. The molecule has 78 valence electrons. The Morgan fingerprint density at radius 1 is 1.50 bits per heavy atom. The lowest BCUT2D eigenvalue weighted by atomic mass is 10.3. The monoisotopic (exact) mass is 235 g/mol. The highest BCUT2D eigenvalue weighted by Crippen LogP contribution is 2.35. The third-order valence-electron chi connectivity index (χ3n) is 2.56. The van der Waals surface area contributed by atoms with Gasteiger partial charge < -0.3 is 4.57 Å². The molecule has 0 unspecified atom stereocenters. The van der Waals surface area contributed by atoms with Crippen LogP contribution in [-0.4, -0.2) is 17.5 Å². The van der Waals surface area contributed by atoms with Crippen LogP contribution in [0.1, 0.15) is 17.8 Å². The molecular weight excluding hydrogens is 226 g/mol. The van der Waals surface area contributed by atoms with E-state index >= 15 is 0 Å². The van der Waals surface area contributed by atoms with E-state index in [1.807, 2.05) is 4.57 Å². The maximum Gasteiger partial charge on any atom is 0.297 e. The fourth-order valence-corrected chi connectivity index (χ4v) is 3.34. The van der Waals surface area contributed by atoms with Crippen LogP contribution in [0.15, 0.2) is 4.90 Å². The van der Waals surface area contributed by atoms with E-state index in [2.05, 4.69) is 0 Å². The van der Waals surface area contributed by atoms with E-state index in [0.717, 1.165) is 13.0 Å². The molecule has 0 amide bonds.